The van der Waals surface area contributed by atoms with Gasteiger partial charge in [-0.1, -0.05) is 36.4 Å². The van der Waals surface area contributed by atoms with Crippen LogP contribution in [0.25, 0.3) is 0 Å². The number of hydrogen-bond acceptors (Lipinski definition) is 5. The largest absolute Gasteiger partial charge is 0.350 e. The van der Waals surface area contributed by atoms with E-state index in [4.69, 9.17) is 4.99 Å². The summed E-state index contributed by atoms with van der Waals surface area (Å²) < 4.78 is 0. The molecule has 5 nitrogen and oxygen atoms in total. The molecule has 0 saturated carbocycles. The molecule has 2 amide bonds. The molecule has 0 fully saturated rings. The number of amides is 2. The molecule has 0 bridgehead atoms. The number of thiophene rings is 2. The van der Waals surface area contributed by atoms with Gasteiger partial charge in [0.1, 0.15) is 18.1 Å². The molecule has 0 radical (unpaired) electrons. The summed E-state index contributed by atoms with van der Waals surface area (Å²) in [4.78, 5) is 34.6. The van der Waals surface area contributed by atoms with Crippen LogP contribution in [-0.4, -0.2) is 30.6 Å². The number of aliphatic imine (C=N–C) groups is 1. The molecule has 1 N–H and O–H groups in total. The van der Waals surface area contributed by atoms with E-state index in [1.54, 1.807) is 27.6 Å². The zero-order chi connectivity index (χ0) is 21.2. The molecule has 0 saturated heterocycles. The van der Waals surface area contributed by atoms with Gasteiger partial charge >= 0.3 is 0 Å². The maximum atomic E-state index is 13.1. The first kappa shape index (κ1) is 20.2. The van der Waals surface area contributed by atoms with Crippen LogP contribution in [0.2, 0.25) is 0 Å². The van der Waals surface area contributed by atoms with Gasteiger partial charge in [-0.05, 0) is 42.7 Å². The Morgan fingerprint density at radius 1 is 1.10 bits per heavy atom. The molecule has 31 heavy (non-hydrogen) atoms. The molecule has 1 aromatic carbocycles. The number of fused-ring (bicyclic) bond motifs is 3. The van der Waals surface area contributed by atoms with Crippen molar-refractivity contribution in [2.75, 3.05) is 18.0 Å². The second-order valence-electron chi connectivity index (χ2n) is 7.76. The maximum absolute atomic E-state index is 13.1. The van der Waals surface area contributed by atoms with Crippen LogP contribution in [0, 0.1) is 0 Å². The van der Waals surface area contributed by atoms with Gasteiger partial charge in [-0.25, -0.2) is 0 Å². The minimum absolute atomic E-state index is 0.0220. The number of nitrogens with zero attached hydrogens (tertiary/aromatic N) is 2. The second-order valence-corrected chi connectivity index (χ2v) is 9.87. The number of aryl methyl sites for hydroxylation is 1. The van der Waals surface area contributed by atoms with Gasteiger partial charge in [0.15, 0.2) is 0 Å². The van der Waals surface area contributed by atoms with Crippen LogP contribution in [-0.2, 0) is 29.0 Å². The zero-order valence-electron chi connectivity index (χ0n) is 17.1. The van der Waals surface area contributed by atoms with Crippen molar-refractivity contribution in [2.45, 2.75) is 32.2 Å². The monoisotopic (exact) mass is 449 g/mol. The molecule has 7 heteroatoms. The van der Waals surface area contributed by atoms with Gasteiger partial charge in [-0.3, -0.25) is 19.5 Å². The first-order valence-corrected chi connectivity index (χ1v) is 12.2. The number of anilines is 1. The first-order valence-electron chi connectivity index (χ1n) is 10.5. The highest BCUT2D eigenvalue weighted by atomic mass is 32.1. The Kier molecular flexibility index (Phi) is 5.70. The van der Waals surface area contributed by atoms with Crippen molar-refractivity contribution in [1.29, 1.82) is 0 Å². The van der Waals surface area contributed by atoms with E-state index in [2.05, 4.69) is 5.32 Å². The van der Waals surface area contributed by atoms with Crippen LogP contribution in [0.15, 0.2) is 52.8 Å². The van der Waals surface area contributed by atoms with Gasteiger partial charge in [0.2, 0.25) is 11.8 Å². The first-order chi connectivity index (χ1) is 15.2. The Labute approximate surface area is 189 Å². The van der Waals surface area contributed by atoms with E-state index >= 15 is 0 Å². The predicted molar refractivity (Wildman–Crippen MR) is 126 cm³/mol. The summed E-state index contributed by atoms with van der Waals surface area (Å²) in [5, 5.41) is 5.82. The molecule has 1 aliphatic heterocycles. The van der Waals surface area contributed by atoms with Crippen molar-refractivity contribution in [1.82, 2.24) is 5.32 Å². The maximum Gasteiger partial charge on any atom is 0.249 e. The Balaban J connectivity index is 1.49. The van der Waals surface area contributed by atoms with E-state index in [0.29, 0.717) is 6.54 Å². The highest BCUT2D eigenvalue weighted by molar-refractivity contribution is 7.17. The van der Waals surface area contributed by atoms with Crippen molar-refractivity contribution >= 4 is 45.2 Å². The number of carbonyl (C=O) groups excluding carboxylic acids is 2. The van der Waals surface area contributed by atoms with E-state index < -0.39 is 0 Å². The molecule has 1 aliphatic carbocycles. The Morgan fingerprint density at radius 3 is 2.74 bits per heavy atom. The van der Waals surface area contributed by atoms with Crippen LogP contribution in [0.1, 0.15) is 39.3 Å². The highest BCUT2D eigenvalue weighted by Gasteiger charge is 2.33. The van der Waals surface area contributed by atoms with Crippen LogP contribution in [0.3, 0.4) is 0 Å². The summed E-state index contributed by atoms with van der Waals surface area (Å²) in [6.07, 6.45) is 4.34. The highest BCUT2D eigenvalue weighted by Crippen LogP contribution is 2.42. The SMILES string of the molecule is O=C(CN1C(=O)CN=C(c2ccccc2)c2c1sc1c2CCCC1)NCc1cccs1. The zero-order valence-corrected chi connectivity index (χ0v) is 18.7. The average Bonchev–Trinajstić information content (AvgIpc) is 3.42. The van der Waals surface area contributed by atoms with E-state index in [9.17, 15) is 9.59 Å². The molecule has 0 unspecified atom stereocenters. The lowest BCUT2D eigenvalue weighted by Gasteiger charge is -2.20. The van der Waals surface area contributed by atoms with Crippen molar-refractivity contribution in [3.05, 3.63) is 74.3 Å². The van der Waals surface area contributed by atoms with E-state index in [1.807, 2.05) is 47.8 Å². The Bertz CT molecular complexity index is 1130. The molecule has 0 spiro atoms. The van der Waals surface area contributed by atoms with Gasteiger partial charge in [0, 0.05) is 20.9 Å². The molecular formula is C24H23N3O2S2. The van der Waals surface area contributed by atoms with E-state index in [-0.39, 0.29) is 24.9 Å². The van der Waals surface area contributed by atoms with Crippen LogP contribution < -0.4 is 10.2 Å². The van der Waals surface area contributed by atoms with Crippen molar-refractivity contribution in [3.8, 4) is 0 Å². The number of benzene rings is 1. The average molecular weight is 450 g/mol. The van der Waals surface area contributed by atoms with Crippen LogP contribution in [0.5, 0.6) is 0 Å². The summed E-state index contributed by atoms with van der Waals surface area (Å²) in [5.41, 5.74) is 4.27. The Morgan fingerprint density at radius 2 is 1.94 bits per heavy atom. The summed E-state index contributed by atoms with van der Waals surface area (Å²) >= 11 is 3.27. The minimum atomic E-state index is -0.151. The smallest absolute Gasteiger partial charge is 0.249 e. The quantitative estimate of drug-likeness (QED) is 0.635. The second kappa shape index (κ2) is 8.77. The molecule has 158 valence electrons. The third-order valence-electron chi connectivity index (χ3n) is 5.70. The standard InChI is InChI=1S/C24H23N3O2S2/c28-20(25-13-17-9-6-12-30-17)15-27-21(29)14-26-23(16-7-2-1-3-8-16)22-18-10-4-5-11-19(18)31-24(22)27/h1-3,6-9,12H,4-5,10-11,13-15H2,(H,25,28). The number of rotatable bonds is 5. The fourth-order valence-corrected chi connectivity index (χ4v) is 6.25. The Hall–Kier alpha value is -2.77. The number of nitrogens with one attached hydrogen (secondary N) is 1. The fourth-order valence-electron chi connectivity index (χ4n) is 4.20. The van der Waals surface area contributed by atoms with Gasteiger partial charge in [0.05, 0.1) is 12.3 Å². The van der Waals surface area contributed by atoms with Gasteiger partial charge in [-0.15, -0.1) is 22.7 Å². The molecular weight excluding hydrogens is 426 g/mol. The van der Waals surface area contributed by atoms with Gasteiger partial charge in [-0.2, -0.15) is 0 Å². The van der Waals surface area contributed by atoms with Gasteiger partial charge in [0.25, 0.3) is 0 Å². The normalized spacial score (nSPS) is 15.7. The lowest BCUT2D eigenvalue weighted by molar-refractivity contribution is -0.123. The molecule has 0 atom stereocenters. The molecule has 2 aromatic heterocycles. The van der Waals surface area contributed by atoms with Crippen molar-refractivity contribution in [3.63, 3.8) is 0 Å². The summed E-state index contributed by atoms with van der Waals surface area (Å²) in [5.74, 6) is -0.278. The van der Waals surface area contributed by atoms with Crippen LogP contribution >= 0.6 is 22.7 Å². The molecule has 2 aliphatic rings. The summed E-state index contributed by atoms with van der Waals surface area (Å²) in [6.45, 7) is 0.560. The summed E-state index contributed by atoms with van der Waals surface area (Å²) in [6, 6.07) is 14.0. The third-order valence-corrected chi connectivity index (χ3v) is 7.89. The van der Waals surface area contributed by atoms with E-state index in [1.165, 1.54) is 16.9 Å². The van der Waals surface area contributed by atoms with Crippen molar-refractivity contribution < 1.29 is 9.59 Å². The van der Waals surface area contributed by atoms with Crippen LogP contribution in [0.4, 0.5) is 5.00 Å². The molecule has 3 aromatic rings. The predicted octanol–water partition coefficient (Wildman–Crippen LogP) is 4.19. The van der Waals surface area contributed by atoms with Crippen molar-refractivity contribution in [2.24, 2.45) is 4.99 Å². The molecule has 3 heterocycles. The lowest BCUT2D eigenvalue weighted by atomic mass is 9.91. The number of carbonyl (C=O) groups is 2. The molecule has 5 rings (SSSR count). The fraction of sp³-hybridized carbons (Fsp3) is 0.292. The van der Waals surface area contributed by atoms with Gasteiger partial charge < -0.3 is 5.32 Å². The topological polar surface area (TPSA) is 61.8 Å². The van der Waals surface area contributed by atoms with E-state index in [0.717, 1.165) is 46.0 Å². The third kappa shape index (κ3) is 4.07. The minimum Gasteiger partial charge on any atom is -0.350 e. The summed E-state index contributed by atoms with van der Waals surface area (Å²) in [7, 11) is 0. The number of hydrogen-bond donors (Lipinski definition) is 1. The lowest BCUT2D eigenvalue weighted by Crippen LogP contribution is -2.41.